The molecule has 1 fully saturated rings. The van der Waals surface area contributed by atoms with E-state index in [1.165, 1.54) is 25.4 Å². The van der Waals surface area contributed by atoms with Gasteiger partial charge in [-0.3, -0.25) is 9.59 Å². The van der Waals surface area contributed by atoms with Crippen molar-refractivity contribution in [2.75, 3.05) is 26.3 Å². The van der Waals surface area contributed by atoms with E-state index >= 15 is 0 Å². The molecule has 2 aromatic rings. The Morgan fingerprint density at radius 3 is 2.48 bits per heavy atom. The van der Waals surface area contributed by atoms with Crippen molar-refractivity contribution in [1.29, 1.82) is 0 Å². The van der Waals surface area contributed by atoms with Crippen LogP contribution in [0.15, 0.2) is 42.2 Å². The van der Waals surface area contributed by atoms with Gasteiger partial charge in [-0.2, -0.15) is 0 Å². The SMILES string of the molecule is CC(=O)C(=Cc1ccc(OC(=O)c2ncc[nH]2)cc1)C(=O)N1CCOCC1. The van der Waals surface area contributed by atoms with Crippen molar-refractivity contribution in [2.24, 2.45) is 0 Å². The van der Waals surface area contributed by atoms with Gasteiger partial charge in [-0.1, -0.05) is 12.1 Å². The van der Waals surface area contributed by atoms with Crippen molar-refractivity contribution < 1.29 is 23.9 Å². The summed E-state index contributed by atoms with van der Waals surface area (Å²) in [4.78, 5) is 44.5. The van der Waals surface area contributed by atoms with Crippen LogP contribution in [0.3, 0.4) is 0 Å². The number of nitrogens with one attached hydrogen (secondary N) is 1. The van der Waals surface area contributed by atoms with Crippen molar-refractivity contribution in [3.05, 3.63) is 53.6 Å². The summed E-state index contributed by atoms with van der Waals surface area (Å²) in [5, 5.41) is 0. The molecule has 1 saturated heterocycles. The first-order chi connectivity index (χ1) is 13.0. The summed E-state index contributed by atoms with van der Waals surface area (Å²) >= 11 is 0. The van der Waals surface area contributed by atoms with Gasteiger partial charge in [-0.15, -0.1) is 0 Å². The summed E-state index contributed by atoms with van der Waals surface area (Å²) < 4.78 is 10.4. The van der Waals surface area contributed by atoms with Gasteiger partial charge in [0, 0.05) is 25.5 Å². The van der Waals surface area contributed by atoms with E-state index in [1.54, 1.807) is 29.2 Å². The van der Waals surface area contributed by atoms with E-state index in [9.17, 15) is 14.4 Å². The highest BCUT2D eigenvalue weighted by molar-refractivity contribution is 6.21. The maximum absolute atomic E-state index is 12.6. The van der Waals surface area contributed by atoms with Gasteiger partial charge < -0.3 is 19.4 Å². The van der Waals surface area contributed by atoms with Crippen molar-refractivity contribution in [2.45, 2.75) is 6.92 Å². The number of H-pyrrole nitrogens is 1. The lowest BCUT2D eigenvalue weighted by Crippen LogP contribution is -2.42. The van der Waals surface area contributed by atoms with Crippen LogP contribution in [0.1, 0.15) is 23.1 Å². The topological polar surface area (TPSA) is 102 Å². The third kappa shape index (κ3) is 4.68. The van der Waals surface area contributed by atoms with E-state index in [0.717, 1.165) is 0 Å². The minimum atomic E-state index is -0.602. The van der Waals surface area contributed by atoms with E-state index in [1.807, 2.05) is 0 Å². The maximum Gasteiger partial charge on any atom is 0.379 e. The number of amides is 1. The van der Waals surface area contributed by atoms with Crippen molar-refractivity contribution in [1.82, 2.24) is 14.9 Å². The molecule has 0 saturated carbocycles. The van der Waals surface area contributed by atoms with Crippen LogP contribution in [-0.4, -0.2) is 58.8 Å². The number of morpholine rings is 1. The van der Waals surface area contributed by atoms with Crippen molar-refractivity contribution in [3.63, 3.8) is 0 Å². The quantitative estimate of drug-likeness (QED) is 0.281. The van der Waals surface area contributed by atoms with Crippen LogP contribution >= 0.6 is 0 Å². The van der Waals surface area contributed by atoms with Crippen LogP contribution in [-0.2, 0) is 14.3 Å². The second-order valence-corrected chi connectivity index (χ2v) is 5.92. The molecule has 1 aliphatic rings. The Kier molecular flexibility index (Phi) is 5.77. The van der Waals surface area contributed by atoms with E-state index in [4.69, 9.17) is 9.47 Å². The van der Waals surface area contributed by atoms with E-state index < -0.39 is 5.97 Å². The zero-order valence-corrected chi connectivity index (χ0v) is 14.8. The highest BCUT2D eigenvalue weighted by Gasteiger charge is 2.23. The average Bonchev–Trinajstić information content (AvgIpc) is 3.22. The highest BCUT2D eigenvalue weighted by Crippen LogP contribution is 2.17. The number of benzene rings is 1. The van der Waals surface area contributed by atoms with E-state index in [2.05, 4.69) is 9.97 Å². The Hall–Kier alpha value is -3.26. The maximum atomic E-state index is 12.6. The number of aromatic nitrogens is 2. The van der Waals surface area contributed by atoms with E-state index in [-0.39, 0.29) is 23.1 Å². The number of rotatable bonds is 5. The molecule has 0 radical (unpaired) electrons. The van der Waals surface area contributed by atoms with Gasteiger partial charge in [0.15, 0.2) is 5.78 Å². The van der Waals surface area contributed by atoms with Crippen LogP contribution in [0.2, 0.25) is 0 Å². The summed E-state index contributed by atoms with van der Waals surface area (Å²) in [6.45, 7) is 3.22. The summed E-state index contributed by atoms with van der Waals surface area (Å²) in [5.41, 5.74) is 0.761. The van der Waals surface area contributed by atoms with Crippen LogP contribution in [0.5, 0.6) is 5.75 Å². The number of nitrogens with zero attached hydrogens (tertiary/aromatic N) is 2. The van der Waals surface area contributed by atoms with Crippen LogP contribution in [0.4, 0.5) is 0 Å². The number of esters is 1. The molecule has 1 aromatic carbocycles. The summed E-state index contributed by atoms with van der Waals surface area (Å²) in [6.07, 6.45) is 4.52. The molecule has 8 heteroatoms. The molecule has 27 heavy (non-hydrogen) atoms. The number of ketones is 1. The molecular weight excluding hydrogens is 350 g/mol. The minimum absolute atomic E-state index is 0.106. The Balaban J connectivity index is 1.72. The zero-order valence-electron chi connectivity index (χ0n) is 14.8. The molecule has 0 aliphatic carbocycles. The number of hydrogen-bond acceptors (Lipinski definition) is 6. The molecule has 1 aliphatic heterocycles. The molecule has 0 atom stereocenters. The number of carbonyl (C=O) groups is 3. The number of ether oxygens (including phenoxy) is 2. The molecule has 8 nitrogen and oxygen atoms in total. The van der Waals surface area contributed by atoms with Gasteiger partial charge in [0.25, 0.3) is 5.91 Å². The van der Waals surface area contributed by atoms with Crippen LogP contribution in [0, 0.1) is 0 Å². The molecule has 1 N–H and O–H groups in total. The third-order valence-electron chi connectivity index (χ3n) is 4.00. The van der Waals surface area contributed by atoms with Crippen LogP contribution < -0.4 is 4.74 Å². The molecular formula is C19H19N3O5. The molecule has 140 valence electrons. The number of carbonyl (C=O) groups excluding carboxylic acids is 3. The summed E-state index contributed by atoms with van der Waals surface area (Å²) in [6, 6.07) is 6.51. The first-order valence-electron chi connectivity index (χ1n) is 8.46. The summed E-state index contributed by atoms with van der Waals surface area (Å²) in [5.74, 6) is -0.777. The molecule has 1 amide bonds. The Morgan fingerprint density at radius 1 is 1.19 bits per heavy atom. The predicted molar refractivity (Wildman–Crippen MR) is 96.0 cm³/mol. The standard InChI is InChI=1S/C19H19N3O5/c1-13(23)16(18(24)22-8-10-26-11-9-22)12-14-2-4-15(5-3-14)27-19(25)17-20-6-7-21-17/h2-7,12H,8-11H2,1H3,(H,20,21). The second-order valence-electron chi connectivity index (χ2n) is 5.92. The first-order valence-corrected chi connectivity index (χ1v) is 8.46. The summed E-state index contributed by atoms with van der Waals surface area (Å²) in [7, 11) is 0. The largest absolute Gasteiger partial charge is 0.421 e. The minimum Gasteiger partial charge on any atom is -0.421 e. The normalized spacial score (nSPS) is 14.7. The second kappa shape index (κ2) is 8.41. The van der Waals surface area contributed by atoms with Gasteiger partial charge in [-0.25, -0.2) is 9.78 Å². The third-order valence-corrected chi connectivity index (χ3v) is 4.00. The molecule has 0 spiro atoms. The lowest BCUT2D eigenvalue weighted by Gasteiger charge is -2.27. The van der Waals surface area contributed by atoms with Gasteiger partial charge in [0.1, 0.15) is 5.75 Å². The number of hydrogen-bond donors (Lipinski definition) is 1. The zero-order chi connectivity index (χ0) is 19.2. The predicted octanol–water partition coefficient (Wildman–Crippen LogP) is 1.46. The molecule has 0 unspecified atom stereocenters. The Bertz CT molecular complexity index is 850. The lowest BCUT2D eigenvalue weighted by atomic mass is 10.1. The van der Waals surface area contributed by atoms with Crippen molar-refractivity contribution >= 4 is 23.7 Å². The smallest absolute Gasteiger partial charge is 0.379 e. The van der Waals surface area contributed by atoms with Gasteiger partial charge in [0.05, 0.1) is 18.8 Å². The Labute approximate surface area is 155 Å². The van der Waals surface area contributed by atoms with Gasteiger partial charge >= 0.3 is 5.97 Å². The number of aromatic amines is 1. The molecule has 1 aromatic heterocycles. The first kappa shape index (κ1) is 18.5. The molecule has 3 rings (SSSR count). The highest BCUT2D eigenvalue weighted by atomic mass is 16.5. The lowest BCUT2D eigenvalue weighted by molar-refractivity contribution is -0.132. The number of Topliss-reactive ketones (excluding diaryl/α,β-unsaturated/α-hetero) is 1. The van der Waals surface area contributed by atoms with Gasteiger partial charge in [0.2, 0.25) is 5.82 Å². The molecule has 0 bridgehead atoms. The van der Waals surface area contributed by atoms with E-state index in [0.29, 0.717) is 37.6 Å². The number of imidazole rings is 1. The monoisotopic (exact) mass is 369 g/mol. The molecule has 2 heterocycles. The fraction of sp³-hybridized carbons (Fsp3) is 0.263. The fourth-order valence-corrected chi connectivity index (χ4v) is 2.58. The average molecular weight is 369 g/mol. The Morgan fingerprint density at radius 2 is 1.89 bits per heavy atom. The fourth-order valence-electron chi connectivity index (χ4n) is 2.58. The van der Waals surface area contributed by atoms with Crippen LogP contribution in [0.25, 0.3) is 6.08 Å². The van der Waals surface area contributed by atoms with Crippen molar-refractivity contribution in [3.8, 4) is 5.75 Å². The van der Waals surface area contributed by atoms with Gasteiger partial charge in [-0.05, 0) is 30.7 Å².